The van der Waals surface area contributed by atoms with E-state index in [0.717, 1.165) is 24.7 Å². The zero-order chi connectivity index (χ0) is 12.4. The lowest BCUT2D eigenvalue weighted by atomic mass is 10.1. The lowest BCUT2D eigenvalue weighted by Crippen LogP contribution is -2.44. The standard InChI is InChI=1S/C13H21N5/c1-14-11-3-2-6-18(8-11)13-7-12(15-9-16-13)17-10-4-5-10/h7,9-11,14H,2-6,8H2,1H3,(H,15,16,17)/t11-/m0/s1. The maximum atomic E-state index is 4.41. The van der Waals surface area contributed by atoms with E-state index in [1.54, 1.807) is 6.33 Å². The van der Waals surface area contributed by atoms with Crippen molar-refractivity contribution in [2.45, 2.75) is 37.8 Å². The molecular formula is C13H21N5. The van der Waals surface area contributed by atoms with Gasteiger partial charge in [-0.25, -0.2) is 9.97 Å². The van der Waals surface area contributed by atoms with E-state index in [0.29, 0.717) is 12.1 Å². The zero-order valence-electron chi connectivity index (χ0n) is 10.9. The fourth-order valence-electron chi connectivity index (χ4n) is 2.46. The fourth-order valence-corrected chi connectivity index (χ4v) is 2.46. The second-order valence-corrected chi connectivity index (χ2v) is 5.25. The molecule has 2 heterocycles. The van der Waals surface area contributed by atoms with Crippen molar-refractivity contribution in [3.05, 3.63) is 12.4 Å². The van der Waals surface area contributed by atoms with Crippen molar-refractivity contribution in [1.29, 1.82) is 0 Å². The number of likely N-dealkylation sites (N-methyl/N-ethyl adjacent to an activating group) is 1. The van der Waals surface area contributed by atoms with Gasteiger partial charge < -0.3 is 15.5 Å². The van der Waals surface area contributed by atoms with Crippen LogP contribution in [0.1, 0.15) is 25.7 Å². The van der Waals surface area contributed by atoms with Crippen molar-refractivity contribution in [3.8, 4) is 0 Å². The molecule has 5 heteroatoms. The van der Waals surface area contributed by atoms with Gasteiger partial charge >= 0.3 is 0 Å². The van der Waals surface area contributed by atoms with Crippen molar-refractivity contribution >= 4 is 11.6 Å². The molecule has 0 amide bonds. The summed E-state index contributed by atoms with van der Waals surface area (Å²) in [5, 5.41) is 6.79. The number of hydrogen-bond donors (Lipinski definition) is 2. The zero-order valence-corrected chi connectivity index (χ0v) is 10.9. The summed E-state index contributed by atoms with van der Waals surface area (Å²) in [7, 11) is 2.04. The molecule has 1 aliphatic carbocycles. The van der Waals surface area contributed by atoms with E-state index < -0.39 is 0 Å². The van der Waals surface area contributed by atoms with Crippen LogP contribution in [-0.2, 0) is 0 Å². The van der Waals surface area contributed by atoms with Gasteiger partial charge in [0.25, 0.3) is 0 Å². The lowest BCUT2D eigenvalue weighted by molar-refractivity contribution is 0.447. The Balaban J connectivity index is 1.69. The highest BCUT2D eigenvalue weighted by Crippen LogP contribution is 2.25. The van der Waals surface area contributed by atoms with Gasteiger partial charge in [-0.05, 0) is 32.7 Å². The minimum atomic E-state index is 0.577. The van der Waals surface area contributed by atoms with E-state index >= 15 is 0 Å². The minimum Gasteiger partial charge on any atom is -0.367 e. The molecule has 18 heavy (non-hydrogen) atoms. The molecule has 0 bridgehead atoms. The second-order valence-electron chi connectivity index (χ2n) is 5.25. The molecule has 2 aliphatic rings. The number of hydrogen-bond acceptors (Lipinski definition) is 5. The molecule has 2 N–H and O–H groups in total. The normalized spacial score (nSPS) is 24.1. The fraction of sp³-hybridized carbons (Fsp3) is 0.692. The lowest BCUT2D eigenvalue weighted by Gasteiger charge is -2.33. The van der Waals surface area contributed by atoms with E-state index in [-0.39, 0.29) is 0 Å². The number of nitrogens with zero attached hydrogens (tertiary/aromatic N) is 3. The van der Waals surface area contributed by atoms with Crippen LogP contribution in [-0.4, -0.2) is 42.2 Å². The van der Waals surface area contributed by atoms with E-state index in [2.05, 4.69) is 31.6 Å². The maximum absolute atomic E-state index is 4.41. The predicted octanol–water partition coefficient (Wildman–Crippen LogP) is 1.24. The summed E-state index contributed by atoms with van der Waals surface area (Å²) < 4.78 is 0. The average Bonchev–Trinajstić information content (AvgIpc) is 3.23. The van der Waals surface area contributed by atoms with Crippen LogP contribution in [0.2, 0.25) is 0 Å². The third kappa shape index (κ3) is 2.72. The maximum Gasteiger partial charge on any atom is 0.134 e. The van der Waals surface area contributed by atoms with Crippen LogP contribution in [0.3, 0.4) is 0 Å². The van der Waals surface area contributed by atoms with Gasteiger partial charge in [-0.15, -0.1) is 0 Å². The number of anilines is 2. The van der Waals surface area contributed by atoms with Gasteiger partial charge in [0.15, 0.2) is 0 Å². The number of piperidine rings is 1. The Labute approximate surface area is 108 Å². The Kier molecular flexibility index (Phi) is 3.32. The Bertz CT molecular complexity index is 404. The van der Waals surface area contributed by atoms with Gasteiger partial charge in [-0.3, -0.25) is 0 Å². The quantitative estimate of drug-likeness (QED) is 0.838. The monoisotopic (exact) mass is 247 g/mol. The van der Waals surface area contributed by atoms with Crippen molar-refractivity contribution < 1.29 is 0 Å². The number of aromatic nitrogens is 2. The first-order chi connectivity index (χ1) is 8.85. The highest BCUT2D eigenvalue weighted by atomic mass is 15.2. The molecule has 0 spiro atoms. The highest BCUT2D eigenvalue weighted by Gasteiger charge is 2.23. The van der Waals surface area contributed by atoms with Gasteiger partial charge in [0.2, 0.25) is 0 Å². The third-order valence-corrected chi connectivity index (χ3v) is 3.74. The van der Waals surface area contributed by atoms with E-state index in [1.807, 2.05) is 7.05 Å². The van der Waals surface area contributed by atoms with Gasteiger partial charge in [0, 0.05) is 31.2 Å². The summed E-state index contributed by atoms with van der Waals surface area (Å²) >= 11 is 0. The first-order valence-corrected chi connectivity index (χ1v) is 6.86. The van der Waals surface area contributed by atoms with Gasteiger partial charge in [-0.1, -0.05) is 0 Å². The highest BCUT2D eigenvalue weighted by molar-refractivity contribution is 5.49. The molecule has 98 valence electrons. The summed E-state index contributed by atoms with van der Waals surface area (Å²) in [5.74, 6) is 2.02. The summed E-state index contributed by atoms with van der Waals surface area (Å²) in [6.07, 6.45) is 6.69. The molecule has 1 aliphatic heterocycles. The molecule has 2 fully saturated rings. The molecule has 3 rings (SSSR count). The topological polar surface area (TPSA) is 53.1 Å². The molecule has 0 unspecified atom stereocenters. The van der Waals surface area contributed by atoms with Crippen molar-refractivity contribution in [1.82, 2.24) is 15.3 Å². The SMILES string of the molecule is CN[C@H]1CCCN(c2cc(NC3CC3)ncn2)C1. The molecule has 0 radical (unpaired) electrons. The third-order valence-electron chi connectivity index (χ3n) is 3.74. The van der Waals surface area contributed by atoms with E-state index in [1.165, 1.54) is 25.7 Å². The summed E-state index contributed by atoms with van der Waals surface area (Å²) in [4.78, 5) is 11.0. The van der Waals surface area contributed by atoms with E-state index in [4.69, 9.17) is 0 Å². The molecule has 1 saturated heterocycles. The van der Waals surface area contributed by atoms with Gasteiger partial charge in [0.1, 0.15) is 18.0 Å². The van der Waals surface area contributed by atoms with E-state index in [9.17, 15) is 0 Å². The van der Waals surface area contributed by atoms with Gasteiger partial charge in [0.05, 0.1) is 0 Å². The van der Waals surface area contributed by atoms with Crippen LogP contribution < -0.4 is 15.5 Å². The number of rotatable bonds is 4. The van der Waals surface area contributed by atoms with Crippen LogP contribution in [0.25, 0.3) is 0 Å². The molecule has 0 aromatic carbocycles. The van der Waals surface area contributed by atoms with Crippen molar-refractivity contribution in [3.63, 3.8) is 0 Å². The number of nitrogens with one attached hydrogen (secondary N) is 2. The molecular weight excluding hydrogens is 226 g/mol. The molecule has 1 aromatic heterocycles. The summed E-state index contributed by atoms with van der Waals surface area (Å²) in [6, 6.07) is 3.30. The van der Waals surface area contributed by atoms with Crippen LogP contribution in [0, 0.1) is 0 Å². The average molecular weight is 247 g/mol. The van der Waals surface area contributed by atoms with Crippen LogP contribution in [0.4, 0.5) is 11.6 Å². The van der Waals surface area contributed by atoms with Crippen LogP contribution >= 0.6 is 0 Å². The second kappa shape index (κ2) is 5.10. The van der Waals surface area contributed by atoms with Crippen molar-refractivity contribution in [2.75, 3.05) is 30.4 Å². The first kappa shape index (κ1) is 11.7. The van der Waals surface area contributed by atoms with Crippen LogP contribution in [0.5, 0.6) is 0 Å². The minimum absolute atomic E-state index is 0.577. The summed E-state index contributed by atoms with van der Waals surface area (Å²) in [5.41, 5.74) is 0. The largest absolute Gasteiger partial charge is 0.367 e. The van der Waals surface area contributed by atoms with Crippen molar-refractivity contribution in [2.24, 2.45) is 0 Å². The Morgan fingerprint density at radius 2 is 2.11 bits per heavy atom. The predicted molar refractivity (Wildman–Crippen MR) is 73.0 cm³/mol. The Morgan fingerprint density at radius 1 is 1.22 bits per heavy atom. The van der Waals surface area contributed by atoms with Crippen LogP contribution in [0.15, 0.2) is 12.4 Å². The Morgan fingerprint density at radius 3 is 2.89 bits per heavy atom. The van der Waals surface area contributed by atoms with Gasteiger partial charge in [-0.2, -0.15) is 0 Å². The Hall–Kier alpha value is -1.36. The molecule has 1 aromatic rings. The first-order valence-electron chi connectivity index (χ1n) is 6.86. The smallest absolute Gasteiger partial charge is 0.134 e. The summed E-state index contributed by atoms with van der Waals surface area (Å²) in [6.45, 7) is 2.13. The molecule has 5 nitrogen and oxygen atoms in total. The molecule has 1 saturated carbocycles. The molecule has 1 atom stereocenters.